The number of pyridine rings is 2. The van der Waals surface area contributed by atoms with Gasteiger partial charge in [-0.25, -0.2) is 15.0 Å². The first-order chi connectivity index (χ1) is 17.2. The van der Waals surface area contributed by atoms with Crippen LogP contribution in [0.25, 0.3) is 0 Å². The molecule has 1 amide bonds. The summed E-state index contributed by atoms with van der Waals surface area (Å²) < 4.78 is 5.93. The van der Waals surface area contributed by atoms with Gasteiger partial charge in [0.2, 0.25) is 5.88 Å². The zero-order valence-electron chi connectivity index (χ0n) is 19.3. The largest absolute Gasteiger partial charge is 0.474 e. The second-order valence-corrected chi connectivity index (χ2v) is 9.53. The number of nitrogens with one attached hydrogen (secondary N) is 1. The lowest BCUT2D eigenvalue weighted by atomic mass is 10.1. The SMILES string of the molecule is N#CCN1CCCC1c1cccc(Nc2nc(C(=O)N3CCC(Oc4ccccn4)CC3)cs2)n1. The number of carbonyl (C=O) groups is 1. The van der Waals surface area contributed by atoms with Crippen molar-refractivity contribution >= 4 is 28.2 Å². The number of hydrogen-bond donors (Lipinski definition) is 1. The molecule has 180 valence electrons. The van der Waals surface area contributed by atoms with Gasteiger partial charge in [-0.1, -0.05) is 12.1 Å². The second kappa shape index (κ2) is 10.8. The van der Waals surface area contributed by atoms with Crippen LogP contribution in [0.3, 0.4) is 0 Å². The van der Waals surface area contributed by atoms with Gasteiger partial charge in [0.25, 0.3) is 5.91 Å². The van der Waals surface area contributed by atoms with Gasteiger partial charge in [-0.2, -0.15) is 5.26 Å². The molecule has 10 heteroatoms. The van der Waals surface area contributed by atoms with Gasteiger partial charge in [0, 0.05) is 43.6 Å². The Morgan fingerprint density at radius 2 is 2.03 bits per heavy atom. The van der Waals surface area contributed by atoms with Crippen molar-refractivity contribution in [3.05, 3.63) is 59.4 Å². The maximum atomic E-state index is 13.0. The molecule has 0 saturated carbocycles. The van der Waals surface area contributed by atoms with E-state index in [2.05, 4.69) is 26.3 Å². The van der Waals surface area contributed by atoms with E-state index in [1.807, 2.05) is 41.3 Å². The van der Waals surface area contributed by atoms with Crippen LogP contribution < -0.4 is 10.1 Å². The molecule has 0 bridgehead atoms. The molecule has 5 rings (SSSR count). The van der Waals surface area contributed by atoms with E-state index >= 15 is 0 Å². The first kappa shape index (κ1) is 23.2. The van der Waals surface area contributed by atoms with Crippen molar-refractivity contribution < 1.29 is 9.53 Å². The second-order valence-electron chi connectivity index (χ2n) is 8.67. The highest BCUT2D eigenvalue weighted by Crippen LogP contribution is 2.31. The zero-order chi connectivity index (χ0) is 24.0. The lowest BCUT2D eigenvalue weighted by molar-refractivity contribution is 0.0583. The maximum absolute atomic E-state index is 13.0. The van der Waals surface area contributed by atoms with Gasteiger partial charge in [-0.15, -0.1) is 11.3 Å². The summed E-state index contributed by atoms with van der Waals surface area (Å²) in [6.45, 7) is 2.58. The van der Waals surface area contributed by atoms with Crippen LogP contribution in [0.15, 0.2) is 48.0 Å². The Kier molecular flexibility index (Phi) is 7.16. The van der Waals surface area contributed by atoms with E-state index in [0.717, 1.165) is 37.9 Å². The number of aromatic nitrogens is 3. The number of piperidine rings is 1. The molecular weight excluding hydrogens is 462 g/mol. The molecular formula is C25H27N7O2S. The molecule has 0 spiro atoms. The number of ether oxygens (including phenoxy) is 1. The summed E-state index contributed by atoms with van der Waals surface area (Å²) >= 11 is 1.39. The fourth-order valence-corrected chi connectivity index (χ4v) is 5.30. The Bertz CT molecular complexity index is 1190. The summed E-state index contributed by atoms with van der Waals surface area (Å²) in [6.07, 6.45) is 5.36. The van der Waals surface area contributed by atoms with Gasteiger partial charge in [0.15, 0.2) is 5.13 Å². The zero-order valence-corrected chi connectivity index (χ0v) is 20.2. The highest BCUT2D eigenvalue weighted by molar-refractivity contribution is 7.14. The number of anilines is 2. The summed E-state index contributed by atoms with van der Waals surface area (Å²) in [5.74, 6) is 1.24. The van der Waals surface area contributed by atoms with Gasteiger partial charge >= 0.3 is 0 Å². The number of hydrogen-bond acceptors (Lipinski definition) is 9. The number of thiazole rings is 1. The van der Waals surface area contributed by atoms with Gasteiger partial charge in [-0.05, 0) is 37.6 Å². The normalized spacial score (nSPS) is 18.8. The van der Waals surface area contributed by atoms with E-state index < -0.39 is 0 Å². The van der Waals surface area contributed by atoms with E-state index in [4.69, 9.17) is 15.0 Å². The molecule has 3 aromatic rings. The van der Waals surface area contributed by atoms with Crippen molar-refractivity contribution in [1.29, 1.82) is 5.26 Å². The lowest BCUT2D eigenvalue weighted by Gasteiger charge is -2.31. The number of nitrogens with zero attached hydrogens (tertiary/aromatic N) is 6. The van der Waals surface area contributed by atoms with Crippen LogP contribution in [0.4, 0.5) is 10.9 Å². The number of amides is 1. The summed E-state index contributed by atoms with van der Waals surface area (Å²) in [7, 11) is 0. The van der Waals surface area contributed by atoms with Crippen molar-refractivity contribution in [1.82, 2.24) is 24.8 Å². The van der Waals surface area contributed by atoms with E-state index in [9.17, 15) is 4.79 Å². The molecule has 35 heavy (non-hydrogen) atoms. The van der Waals surface area contributed by atoms with Gasteiger partial charge in [0.1, 0.15) is 17.6 Å². The topological polar surface area (TPSA) is 107 Å². The summed E-state index contributed by atoms with van der Waals surface area (Å²) in [6, 6.07) is 13.9. The van der Waals surface area contributed by atoms with Crippen molar-refractivity contribution in [3.8, 4) is 11.9 Å². The minimum atomic E-state index is -0.0644. The quantitative estimate of drug-likeness (QED) is 0.496. The number of carbonyl (C=O) groups excluding carboxylic acids is 1. The number of nitriles is 1. The maximum Gasteiger partial charge on any atom is 0.273 e. The van der Waals surface area contributed by atoms with Crippen LogP contribution in [0.1, 0.15) is 47.9 Å². The molecule has 3 aromatic heterocycles. The van der Waals surface area contributed by atoms with Gasteiger partial charge in [0.05, 0.1) is 24.3 Å². The number of rotatable bonds is 7. The average molecular weight is 490 g/mol. The minimum absolute atomic E-state index is 0.0592. The lowest BCUT2D eigenvalue weighted by Crippen LogP contribution is -2.42. The smallest absolute Gasteiger partial charge is 0.273 e. The molecule has 2 aliphatic heterocycles. The van der Waals surface area contributed by atoms with Crippen molar-refractivity contribution in [3.63, 3.8) is 0 Å². The number of likely N-dealkylation sites (tertiary alicyclic amines) is 2. The van der Waals surface area contributed by atoms with Crippen LogP contribution in [0, 0.1) is 11.3 Å². The molecule has 9 nitrogen and oxygen atoms in total. The highest BCUT2D eigenvalue weighted by atomic mass is 32.1. The Morgan fingerprint density at radius 3 is 2.83 bits per heavy atom. The van der Waals surface area contributed by atoms with E-state index in [0.29, 0.717) is 42.2 Å². The van der Waals surface area contributed by atoms with Crippen LogP contribution >= 0.6 is 11.3 Å². The van der Waals surface area contributed by atoms with Crippen LogP contribution in [-0.4, -0.2) is 62.9 Å². The fourth-order valence-electron chi connectivity index (χ4n) is 4.61. The molecule has 1 N–H and O–H groups in total. The Balaban J connectivity index is 1.17. The molecule has 0 radical (unpaired) electrons. The molecule has 1 atom stereocenters. The third-order valence-electron chi connectivity index (χ3n) is 6.36. The standard InChI is InChI=1S/C25H27N7O2S/c26-11-16-31-13-4-6-21(31)19-5-3-7-22(28-19)30-25-29-20(17-35-25)24(33)32-14-9-18(10-15-32)34-23-8-1-2-12-27-23/h1-3,5,7-8,12,17-18,21H,4,6,9-10,13-16H2,(H,28,29,30). The summed E-state index contributed by atoms with van der Waals surface area (Å²) in [5.41, 5.74) is 1.39. The molecule has 2 saturated heterocycles. The summed E-state index contributed by atoms with van der Waals surface area (Å²) in [4.78, 5) is 30.5. The molecule has 0 aliphatic carbocycles. The van der Waals surface area contributed by atoms with Gasteiger partial charge < -0.3 is 15.0 Å². The van der Waals surface area contributed by atoms with Crippen LogP contribution in [0.2, 0.25) is 0 Å². The predicted octanol–water partition coefficient (Wildman–Crippen LogP) is 4.02. The molecule has 1 unspecified atom stereocenters. The Morgan fingerprint density at radius 1 is 1.14 bits per heavy atom. The third kappa shape index (κ3) is 5.58. The first-order valence-corrected chi connectivity index (χ1v) is 12.7. The Labute approximate surface area is 208 Å². The van der Waals surface area contributed by atoms with E-state index in [-0.39, 0.29) is 18.1 Å². The third-order valence-corrected chi connectivity index (χ3v) is 7.12. The molecule has 0 aromatic carbocycles. The molecule has 5 heterocycles. The van der Waals surface area contributed by atoms with Crippen LogP contribution in [-0.2, 0) is 0 Å². The fraction of sp³-hybridized carbons (Fsp3) is 0.400. The van der Waals surface area contributed by atoms with Crippen molar-refractivity contribution in [2.45, 2.75) is 37.8 Å². The highest BCUT2D eigenvalue weighted by Gasteiger charge is 2.28. The predicted molar refractivity (Wildman–Crippen MR) is 133 cm³/mol. The summed E-state index contributed by atoms with van der Waals surface area (Å²) in [5, 5.41) is 14.7. The van der Waals surface area contributed by atoms with E-state index in [1.54, 1.807) is 11.6 Å². The van der Waals surface area contributed by atoms with E-state index in [1.165, 1.54) is 11.3 Å². The van der Waals surface area contributed by atoms with Crippen molar-refractivity contribution in [2.75, 3.05) is 31.5 Å². The monoisotopic (exact) mass is 489 g/mol. The van der Waals surface area contributed by atoms with Crippen LogP contribution in [0.5, 0.6) is 5.88 Å². The molecule has 2 aliphatic rings. The van der Waals surface area contributed by atoms with Crippen molar-refractivity contribution in [2.24, 2.45) is 0 Å². The first-order valence-electron chi connectivity index (χ1n) is 11.9. The van der Waals surface area contributed by atoms with Gasteiger partial charge in [-0.3, -0.25) is 9.69 Å². The molecule has 2 fully saturated rings. The Hall–Kier alpha value is -3.55. The minimum Gasteiger partial charge on any atom is -0.474 e. The average Bonchev–Trinajstić information content (AvgIpc) is 3.55.